The van der Waals surface area contributed by atoms with E-state index in [0.29, 0.717) is 13.0 Å². The maximum Gasteiger partial charge on any atom is 0.322 e. The van der Waals surface area contributed by atoms with E-state index in [1.807, 2.05) is 13.8 Å². The predicted octanol–water partition coefficient (Wildman–Crippen LogP) is -0.838. The van der Waals surface area contributed by atoms with Gasteiger partial charge in [0.2, 0.25) is 11.8 Å². The first-order chi connectivity index (χ1) is 8.84. The third-order valence-electron chi connectivity index (χ3n) is 3.26. The van der Waals surface area contributed by atoms with Gasteiger partial charge in [-0.2, -0.15) is 0 Å². The van der Waals surface area contributed by atoms with E-state index in [9.17, 15) is 14.4 Å². The third kappa shape index (κ3) is 3.92. The zero-order chi connectivity index (χ0) is 14.6. The SMILES string of the molecule is CC(C)C(N)C(=O)N1CCCC1C(=O)NCC(=O)O. The summed E-state index contributed by atoms with van der Waals surface area (Å²) in [5, 5.41) is 10.8. The van der Waals surface area contributed by atoms with Gasteiger partial charge in [0.15, 0.2) is 0 Å². The van der Waals surface area contributed by atoms with Crippen molar-refractivity contribution in [1.82, 2.24) is 10.2 Å². The molecule has 108 valence electrons. The highest BCUT2D eigenvalue weighted by atomic mass is 16.4. The van der Waals surface area contributed by atoms with Crippen molar-refractivity contribution in [3.8, 4) is 0 Å². The first-order valence-corrected chi connectivity index (χ1v) is 6.40. The van der Waals surface area contributed by atoms with Crippen molar-refractivity contribution in [3.05, 3.63) is 0 Å². The van der Waals surface area contributed by atoms with E-state index in [1.165, 1.54) is 4.90 Å². The fraction of sp³-hybridized carbons (Fsp3) is 0.750. The van der Waals surface area contributed by atoms with Gasteiger partial charge in [-0.25, -0.2) is 0 Å². The van der Waals surface area contributed by atoms with Crippen LogP contribution < -0.4 is 11.1 Å². The summed E-state index contributed by atoms with van der Waals surface area (Å²) < 4.78 is 0. The summed E-state index contributed by atoms with van der Waals surface area (Å²) in [6.45, 7) is 3.74. The summed E-state index contributed by atoms with van der Waals surface area (Å²) >= 11 is 0. The molecule has 1 aliphatic heterocycles. The van der Waals surface area contributed by atoms with Crippen molar-refractivity contribution in [1.29, 1.82) is 0 Å². The first-order valence-electron chi connectivity index (χ1n) is 6.40. The van der Waals surface area contributed by atoms with E-state index in [0.717, 1.165) is 6.42 Å². The Labute approximate surface area is 112 Å². The standard InChI is InChI=1S/C12H21N3O4/c1-7(2)10(13)12(19)15-5-3-4-8(15)11(18)14-6-9(16)17/h7-8,10H,3-6,13H2,1-2H3,(H,14,18)(H,16,17). The van der Waals surface area contributed by atoms with Crippen molar-refractivity contribution in [2.75, 3.05) is 13.1 Å². The average Bonchev–Trinajstić information content (AvgIpc) is 2.82. The quantitative estimate of drug-likeness (QED) is 0.603. The lowest BCUT2D eigenvalue weighted by Gasteiger charge is -2.27. The molecule has 0 saturated carbocycles. The largest absolute Gasteiger partial charge is 0.480 e. The molecule has 0 aromatic heterocycles. The van der Waals surface area contributed by atoms with E-state index in [-0.39, 0.29) is 11.8 Å². The van der Waals surface area contributed by atoms with E-state index < -0.39 is 30.5 Å². The third-order valence-corrected chi connectivity index (χ3v) is 3.26. The van der Waals surface area contributed by atoms with E-state index >= 15 is 0 Å². The van der Waals surface area contributed by atoms with Crippen LogP contribution in [-0.2, 0) is 14.4 Å². The van der Waals surface area contributed by atoms with Crippen LogP contribution >= 0.6 is 0 Å². The molecular weight excluding hydrogens is 250 g/mol. The minimum Gasteiger partial charge on any atom is -0.480 e. The molecule has 0 aromatic rings. The maximum atomic E-state index is 12.1. The molecule has 2 unspecified atom stereocenters. The second-order valence-corrected chi connectivity index (χ2v) is 5.07. The normalized spacial score (nSPS) is 20.4. The van der Waals surface area contributed by atoms with Crippen molar-refractivity contribution in [2.45, 2.75) is 38.8 Å². The number of nitrogens with two attached hydrogens (primary N) is 1. The number of carboxylic acids is 1. The molecule has 0 aromatic carbocycles. The summed E-state index contributed by atoms with van der Waals surface area (Å²) in [5.41, 5.74) is 5.81. The highest BCUT2D eigenvalue weighted by Gasteiger charge is 2.36. The molecular formula is C12H21N3O4. The number of aliphatic carboxylic acids is 1. The van der Waals surface area contributed by atoms with E-state index in [1.54, 1.807) is 0 Å². The molecule has 7 nitrogen and oxygen atoms in total. The highest BCUT2D eigenvalue weighted by Crippen LogP contribution is 2.19. The number of hydrogen-bond acceptors (Lipinski definition) is 4. The van der Waals surface area contributed by atoms with Crippen LogP contribution in [0.2, 0.25) is 0 Å². The van der Waals surface area contributed by atoms with Gasteiger partial charge >= 0.3 is 5.97 Å². The minimum atomic E-state index is -1.11. The number of hydrogen-bond donors (Lipinski definition) is 3. The number of carbonyl (C=O) groups is 3. The second-order valence-electron chi connectivity index (χ2n) is 5.07. The first kappa shape index (κ1) is 15.4. The number of carboxylic acid groups (broad SMARTS) is 1. The Morgan fingerprint density at radius 3 is 2.58 bits per heavy atom. The molecule has 0 aliphatic carbocycles. The Bertz CT molecular complexity index is 370. The number of nitrogens with zero attached hydrogens (tertiary/aromatic N) is 1. The van der Waals surface area contributed by atoms with Crippen molar-refractivity contribution in [3.63, 3.8) is 0 Å². The molecule has 1 aliphatic rings. The zero-order valence-corrected chi connectivity index (χ0v) is 11.3. The molecule has 2 amide bonds. The lowest BCUT2D eigenvalue weighted by molar-refractivity contribution is -0.141. The number of nitrogens with one attached hydrogen (secondary N) is 1. The second kappa shape index (κ2) is 6.51. The Balaban J connectivity index is 2.65. The minimum absolute atomic E-state index is 0.00386. The van der Waals surface area contributed by atoms with Crippen molar-refractivity contribution >= 4 is 17.8 Å². The molecule has 4 N–H and O–H groups in total. The summed E-state index contributed by atoms with van der Waals surface area (Å²) in [4.78, 5) is 35.9. The maximum absolute atomic E-state index is 12.1. The molecule has 1 fully saturated rings. The topological polar surface area (TPSA) is 113 Å². The Morgan fingerprint density at radius 1 is 1.42 bits per heavy atom. The Kier molecular flexibility index (Phi) is 5.29. The van der Waals surface area contributed by atoms with Gasteiger partial charge in [-0.15, -0.1) is 0 Å². The lowest BCUT2D eigenvalue weighted by Crippen LogP contribution is -2.53. The number of likely N-dealkylation sites (tertiary alicyclic amines) is 1. The van der Waals surface area contributed by atoms with Crippen LogP contribution in [0.1, 0.15) is 26.7 Å². The molecule has 0 bridgehead atoms. The smallest absolute Gasteiger partial charge is 0.322 e. The molecule has 19 heavy (non-hydrogen) atoms. The van der Waals surface area contributed by atoms with Gasteiger partial charge in [0.1, 0.15) is 12.6 Å². The van der Waals surface area contributed by atoms with E-state index in [4.69, 9.17) is 10.8 Å². The summed E-state index contributed by atoms with van der Waals surface area (Å²) in [6.07, 6.45) is 1.27. The van der Waals surface area contributed by atoms with Gasteiger partial charge in [0.25, 0.3) is 0 Å². The van der Waals surface area contributed by atoms with Crippen LogP contribution in [0.3, 0.4) is 0 Å². The molecule has 0 spiro atoms. The zero-order valence-electron chi connectivity index (χ0n) is 11.3. The fourth-order valence-electron chi connectivity index (χ4n) is 2.06. The number of carbonyl (C=O) groups excluding carboxylic acids is 2. The van der Waals surface area contributed by atoms with Gasteiger partial charge in [-0.3, -0.25) is 14.4 Å². The molecule has 1 heterocycles. The number of amides is 2. The molecule has 2 atom stereocenters. The van der Waals surface area contributed by atoms with Gasteiger partial charge in [-0.1, -0.05) is 13.8 Å². The lowest BCUT2D eigenvalue weighted by atomic mass is 10.0. The summed E-state index contributed by atoms with van der Waals surface area (Å²) in [5.74, 6) is -1.79. The highest BCUT2D eigenvalue weighted by molar-refractivity contribution is 5.91. The Hall–Kier alpha value is -1.63. The van der Waals surface area contributed by atoms with Gasteiger partial charge < -0.3 is 21.1 Å². The fourth-order valence-corrected chi connectivity index (χ4v) is 2.06. The summed E-state index contributed by atoms with van der Waals surface area (Å²) in [6, 6.07) is -1.23. The van der Waals surface area contributed by atoms with Crippen molar-refractivity contribution < 1.29 is 19.5 Å². The van der Waals surface area contributed by atoms with E-state index in [2.05, 4.69) is 5.32 Å². The monoisotopic (exact) mass is 271 g/mol. The van der Waals surface area contributed by atoms with Crippen LogP contribution in [-0.4, -0.2) is 53.0 Å². The number of rotatable bonds is 5. The summed E-state index contributed by atoms with van der Waals surface area (Å²) in [7, 11) is 0. The van der Waals surface area contributed by atoms with Crippen LogP contribution in [0.25, 0.3) is 0 Å². The van der Waals surface area contributed by atoms with Gasteiger partial charge in [0.05, 0.1) is 6.04 Å². The predicted molar refractivity (Wildman–Crippen MR) is 68.2 cm³/mol. The van der Waals surface area contributed by atoms with Crippen molar-refractivity contribution in [2.24, 2.45) is 11.7 Å². The Morgan fingerprint density at radius 2 is 2.05 bits per heavy atom. The van der Waals surface area contributed by atoms with Crippen LogP contribution in [0.4, 0.5) is 0 Å². The van der Waals surface area contributed by atoms with Crippen LogP contribution in [0.5, 0.6) is 0 Å². The van der Waals surface area contributed by atoms with Gasteiger partial charge in [0, 0.05) is 6.54 Å². The molecule has 1 saturated heterocycles. The molecule has 7 heteroatoms. The molecule has 0 radical (unpaired) electrons. The molecule has 1 rings (SSSR count). The van der Waals surface area contributed by atoms with Crippen LogP contribution in [0, 0.1) is 5.92 Å². The van der Waals surface area contributed by atoms with Gasteiger partial charge in [-0.05, 0) is 18.8 Å². The van der Waals surface area contributed by atoms with Crippen LogP contribution in [0.15, 0.2) is 0 Å². The average molecular weight is 271 g/mol.